The summed E-state index contributed by atoms with van der Waals surface area (Å²) in [4.78, 5) is 25.5. The molecule has 0 aliphatic rings. The Morgan fingerprint density at radius 3 is 2.89 bits per heavy atom. The van der Waals surface area contributed by atoms with E-state index >= 15 is 0 Å². The summed E-state index contributed by atoms with van der Waals surface area (Å²) in [7, 11) is 0. The predicted octanol–water partition coefficient (Wildman–Crippen LogP) is 1.82. The highest BCUT2D eigenvalue weighted by Gasteiger charge is 2.11. The van der Waals surface area contributed by atoms with E-state index < -0.39 is 0 Å². The van der Waals surface area contributed by atoms with Gasteiger partial charge in [0.2, 0.25) is 5.91 Å². The first-order valence-electron chi connectivity index (χ1n) is 5.91. The largest absolute Gasteiger partial charge is 0.370 e. The summed E-state index contributed by atoms with van der Waals surface area (Å²) in [6.07, 6.45) is 2.45. The second-order valence-electron chi connectivity index (χ2n) is 4.22. The molecule has 6 heteroatoms. The Kier molecular flexibility index (Phi) is 4.06. The van der Waals surface area contributed by atoms with Crippen molar-refractivity contribution >= 4 is 34.3 Å². The minimum atomic E-state index is -0.365. The van der Waals surface area contributed by atoms with Gasteiger partial charge in [-0.15, -0.1) is 0 Å². The number of aromatic nitrogens is 1. The van der Waals surface area contributed by atoms with Crippen molar-refractivity contribution in [1.82, 2.24) is 10.3 Å². The standard InChI is InChI=1S/C13H14ClN3O2/c14-8-3-4-9-10(7-17-11(9)6-8)13(19)16-5-1-2-12(15)18/h3-4,6-7,17H,1-2,5H2,(H2,15,18)(H,16,19). The van der Waals surface area contributed by atoms with Gasteiger partial charge < -0.3 is 16.0 Å². The lowest BCUT2D eigenvalue weighted by Gasteiger charge is -2.03. The maximum atomic E-state index is 12.0. The third kappa shape index (κ3) is 3.26. The molecule has 0 saturated heterocycles. The van der Waals surface area contributed by atoms with Gasteiger partial charge in [-0.05, 0) is 18.6 Å². The molecule has 5 nitrogen and oxygen atoms in total. The number of carbonyl (C=O) groups is 2. The van der Waals surface area contributed by atoms with E-state index in [9.17, 15) is 9.59 Å². The molecule has 0 aliphatic carbocycles. The van der Waals surface area contributed by atoms with Crippen molar-refractivity contribution < 1.29 is 9.59 Å². The first-order valence-corrected chi connectivity index (χ1v) is 6.29. The van der Waals surface area contributed by atoms with Crippen LogP contribution in [0.15, 0.2) is 24.4 Å². The normalized spacial score (nSPS) is 10.6. The number of nitrogens with two attached hydrogens (primary N) is 1. The van der Waals surface area contributed by atoms with Gasteiger partial charge >= 0.3 is 0 Å². The van der Waals surface area contributed by atoms with Gasteiger partial charge in [0.25, 0.3) is 5.91 Å². The number of H-pyrrole nitrogens is 1. The minimum Gasteiger partial charge on any atom is -0.370 e. The molecule has 0 atom stereocenters. The maximum Gasteiger partial charge on any atom is 0.253 e. The summed E-state index contributed by atoms with van der Waals surface area (Å²) in [6, 6.07) is 5.30. The average Bonchev–Trinajstić information content (AvgIpc) is 2.77. The highest BCUT2D eigenvalue weighted by molar-refractivity contribution is 6.31. The zero-order valence-electron chi connectivity index (χ0n) is 10.2. The van der Waals surface area contributed by atoms with Crippen LogP contribution < -0.4 is 11.1 Å². The van der Waals surface area contributed by atoms with Crippen LogP contribution in [0.5, 0.6) is 0 Å². The molecule has 0 bridgehead atoms. The number of nitrogens with one attached hydrogen (secondary N) is 2. The molecule has 19 heavy (non-hydrogen) atoms. The lowest BCUT2D eigenvalue weighted by atomic mass is 10.1. The van der Waals surface area contributed by atoms with Gasteiger partial charge in [0.1, 0.15) is 0 Å². The molecule has 2 aromatic rings. The number of fused-ring (bicyclic) bond motifs is 1. The molecule has 0 aliphatic heterocycles. The molecule has 0 spiro atoms. The Hall–Kier alpha value is -2.01. The van der Waals surface area contributed by atoms with E-state index in [0.717, 1.165) is 10.9 Å². The molecule has 1 aromatic carbocycles. The Morgan fingerprint density at radius 1 is 1.37 bits per heavy atom. The zero-order chi connectivity index (χ0) is 13.8. The Labute approximate surface area is 115 Å². The van der Waals surface area contributed by atoms with Gasteiger partial charge in [-0.25, -0.2) is 0 Å². The number of benzene rings is 1. The van der Waals surface area contributed by atoms with Crippen LogP contribution in [-0.2, 0) is 4.79 Å². The number of primary amides is 1. The van der Waals surface area contributed by atoms with E-state index in [4.69, 9.17) is 17.3 Å². The summed E-state index contributed by atoms with van der Waals surface area (Å²) in [5, 5.41) is 4.18. The van der Waals surface area contributed by atoms with Gasteiger partial charge in [-0.1, -0.05) is 17.7 Å². The fraction of sp³-hybridized carbons (Fsp3) is 0.231. The molecule has 0 fully saturated rings. The molecule has 100 valence electrons. The van der Waals surface area contributed by atoms with Crippen molar-refractivity contribution in [3.05, 3.63) is 35.0 Å². The number of halogens is 1. The lowest BCUT2D eigenvalue weighted by Crippen LogP contribution is -2.25. The molecule has 2 rings (SSSR count). The van der Waals surface area contributed by atoms with Crippen LogP contribution in [0.3, 0.4) is 0 Å². The zero-order valence-corrected chi connectivity index (χ0v) is 11.0. The number of hydrogen-bond donors (Lipinski definition) is 3. The summed E-state index contributed by atoms with van der Waals surface area (Å²) in [6.45, 7) is 0.419. The smallest absolute Gasteiger partial charge is 0.253 e. The van der Waals surface area contributed by atoms with Crippen LogP contribution >= 0.6 is 11.6 Å². The van der Waals surface area contributed by atoms with E-state index in [1.54, 1.807) is 24.4 Å². The lowest BCUT2D eigenvalue weighted by molar-refractivity contribution is -0.118. The highest BCUT2D eigenvalue weighted by atomic mass is 35.5. The topological polar surface area (TPSA) is 88.0 Å². The van der Waals surface area contributed by atoms with E-state index in [0.29, 0.717) is 23.6 Å². The van der Waals surface area contributed by atoms with Crippen molar-refractivity contribution in [2.45, 2.75) is 12.8 Å². The quantitative estimate of drug-likeness (QED) is 0.729. The third-order valence-corrected chi connectivity index (χ3v) is 3.01. The van der Waals surface area contributed by atoms with Crippen LogP contribution in [0.4, 0.5) is 0 Å². The van der Waals surface area contributed by atoms with Gasteiger partial charge in [0.15, 0.2) is 0 Å². The SMILES string of the molecule is NC(=O)CCCNC(=O)c1c[nH]c2cc(Cl)ccc12. The summed E-state index contributed by atoms with van der Waals surface area (Å²) < 4.78 is 0. The van der Waals surface area contributed by atoms with E-state index in [1.807, 2.05) is 0 Å². The van der Waals surface area contributed by atoms with Gasteiger partial charge in [0, 0.05) is 35.1 Å². The number of amides is 2. The summed E-state index contributed by atoms with van der Waals surface area (Å²) in [5.74, 6) is -0.547. The molecule has 0 radical (unpaired) electrons. The highest BCUT2D eigenvalue weighted by Crippen LogP contribution is 2.21. The fourth-order valence-corrected chi connectivity index (χ4v) is 2.02. The van der Waals surface area contributed by atoms with E-state index in [-0.39, 0.29) is 18.2 Å². The van der Waals surface area contributed by atoms with Crippen molar-refractivity contribution in [3.8, 4) is 0 Å². The Bertz CT molecular complexity index is 621. The molecule has 2 amide bonds. The monoisotopic (exact) mass is 279 g/mol. The first kappa shape index (κ1) is 13.4. The van der Waals surface area contributed by atoms with Crippen molar-refractivity contribution in [2.75, 3.05) is 6.54 Å². The molecule has 1 aromatic heterocycles. The summed E-state index contributed by atoms with van der Waals surface area (Å²) >= 11 is 5.88. The maximum absolute atomic E-state index is 12.0. The van der Waals surface area contributed by atoms with Crippen LogP contribution in [-0.4, -0.2) is 23.3 Å². The molecule has 0 unspecified atom stereocenters. The molecule has 4 N–H and O–H groups in total. The predicted molar refractivity (Wildman–Crippen MR) is 74.1 cm³/mol. The van der Waals surface area contributed by atoms with Crippen LogP contribution in [0.1, 0.15) is 23.2 Å². The first-order chi connectivity index (χ1) is 9.08. The Balaban J connectivity index is 2.03. The van der Waals surface area contributed by atoms with Crippen molar-refractivity contribution in [1.29, 1.82) is 0 Å². The van der Waals surface area contributed by atoms with Crippen LogP contribution in [0, 0.1) is 0 Å². The van der Waals surface area contributed by atoms with Gasteiger partial charge in [-0.3, -0.25) is 9.59 Å². The average molecular weight is 280 g/mol. The van der Waals surface area contributed by atoms with E-state index in [2.05, 4.69) is 10.3 Å². The van der Waals surface area contributed by atoms with Crippen molar-refractivity contribution in [2.24, 2.45) is 5.73 Å². The second kappa shape index (κ2) is 5.75. The molecular formula is C13H14ClN3O2. The van der Waals surface area contributed by atoms with Crippen LogP contribution in [0.25, 0.3) is 10.9 Å². The number of aromatic amines is 1. The molecular weight excluding hydrogens is 266 g/mol. The Morgan fingerprint density at radius 2 is 2.16 bits per heavy atom. The third-order valence-electron chi connectivity index (χ3n) is 2.77. The van der Waals surface area contributed by atoms with Gasteiger partial charge in [-0.2, -0.15) is 0 Å². The molecule has 0 saturated carbocycles. The number of rotatable bonds is 5. The minimum absolute atomic E-state index is 0.182. The van der Waals surface area contributed by atoms with Crippen LogP contribution in [0.2, 0.25) is 5.02 Å². The fourth-order valence-electron chi connectivity index (χ4n) is 1.85. The number of hydrogen-bond acceptors (Lipinski definition) is 2. The van der Waals surface area contributed by atoms with Crippen molar-refractivity contribution in [3.63, 3.8) is 0 Å². The second-order valence-corrected chi connectivity index (χ2v) is 4.65. The van der Waals surface area contributed by atoms with E-state index in [1.165, 1.54) is 0 Å². The number of carbonyl (C=O) groups excluding carboxylic acids is 2. The molecule has 1 heterocycles. The van der Waals surface area contributed by atoms with Gasteiger partial charge in [0.05, 0.1) is 5.56 Å². The summed E-state index contributed by atoms with van der Waals surface area (Å²) in [5.41, 5.74) is 6.40.